The molecule has 2 aliphatic rings. The lowest BCUT2D eigenvalue weighted by Gasteiger charge is -2.35. The smallest absolute Gasteiger partial charge is 0.259 e. The van der Waals surface area contributed by atoms with Crippen LogP contribution in [-0.4, -0.2) is 105 Å². The van der Waals surface area contributed by atoms with Gasteiger partial charge in [0.05, 0.1) is 33.5 Å². The Bertz CT molecular complexity index is 1530. The third kappa shape index (κ3) is 7.22. The van der Waals surface area contributed by atoms with E-state index < -0.39 is 0 Å². The van der Waals surface area contributed by atoms with Gasteiger partial charge in [0.2, 0.25) is 17.5 Å². The zero-order valence-corrected chi connectivity index (χ0v) is 27.6. The minimum Gasteiger partial charge on any atom is -0.493 e. The normalized spacial score (nSPS) is 18.2. The Labute approximate surface area is 271 Å². The number of pyridine rings is 2. The van der Waals surface area contributed by atoms with E-state index in [0.29, 0.717) is 68.0 Å². The standard InChI is InChI=1S/C34H46N6O6/c1-6-38-16-17-39(34(42)25-11-8-13-35-33(25)46-7-2)15-12-29(41)36-20-23-10-9-14-40(21-23)32-24(22-38)18-26-27(37-32)19-28(43-3)31(45-5)30(26)44-4/h8,11,13,18-19,23H,6-7,9-10,12,14-17,20-22H2,1-5H3,(H,36,41). The largest absolute Gasteiger partial charge is 0.493 e. The van der Waals surface area contributed by atoms with Gasteiger partial charge in [0.25, 0.3) is 5.91 Å². The topological polar surface area (TPSA) is 119 Å². The van der Waals surface area contributed by atoms with Crippen molar-refractivity contribution in [2.75, 3.05) is 78.6 Å². The minimum absolute atomic E-state index is 0.0639. The monoisotopic (exact) mass is 634 g/mol. The van der Waals surface area contributed by atoms with Crippen molar-refractivity contribution in [1.82, 2.24) is 25.1 Å². The number of methoxy groups -OCH3 is 3. The van der Waals surface area contributed by atoms with Gasteiger partial charge in [0.15, 0.2) is 11.5 Å². The molecule has 1 aromatic carbocycles. The number of hydrogen-bond donors (Lipinski definition) is 1. The van der Waals surface area contributed by atoms with Gasteiger partial charge in [-0.1, -0.05) is 6.92 Å². The molecule has 12 nitrogen and oxygen atoms in total. The van der Waals surface area contributed by atoms with Crippen molar-refractivity contribution < 1.29 is 28.5 Å². The molecule has 1 N–H and O–H groups in total. The van der Waals surface area contributed by atoms with Gasteiger partial charge in [-0.05, 0) is 50.4 Å². The Morgan fingerprint density at radius 1 is 1.04 bits per heavy atom. The van der Waals surface area contributed by atoms with Gasteiger partial charge in [0.1, 0.15) is 11.4 Å². The Morgan fingerprint density at radius 3 is 2.61 bits per heavy atom. The molecule has 46 heavy (non-hydrogen) atoms. The molecule has 1 saturated heterocycles. The summed E-state index contributed by atoms with van der Waals surface area (Å²) in [5, 5.41) is 3.97. The van der Waals surface area contributed by atoms with Crippen LogP contribution in [0.1, 0.15) is 49.0 Å². The number of benzene rings is 1. The summed E-state index contributed by atoms with van der Waals surface area (Å²) in [6, 6.07) is 7.50. The number of carbonyl (C=O) groups excluding carboxylic acids is 2. The van der Waals surface area contributed by atoms with Crippen LogP contribution in [-0.2, 0) is 11.3 Å². The zero-order valence-electron chi connectivity index (χ0n) is 27.6. The number of piperidine rings is 1. The van der Waals surface area contributed by atoms with Crippen molar-refractivity contribution in [1.29, 1.82) is 0 Å². The molecule has 2 aliphatic heterocycles. The number of carbonyl (C=O) groups is 2. The fourth-order valence-electron chi connectivity index (χ4n) is 6.36. The van der Waals surface area contributed by atoms with Crippen LogP contribution in [0.15, 0.2) is 30.5 Å². The molecule has 5 rings (SSSR count). The molecule has 1 fully saturated rings. The number of likely N-dealkylation sites (N-methyl/N-ethyl adjacent to an activating group) is 1. The van der Waals surface area contributed by atoms with Crippen LogP contribution >= 0.6 is 0 Å². The maximum absolute atomic E-state index is 13.9. The number of aromatic nitrogens is 2. The molecular formula is C34H46N6O6. The van der Waals surface area contributed by atoms with Crippen molar-refractivity contribution in [2.24, 2.45) is 5.92 Å². The fraction of sp³-hybridized carbons (Fsp3) is 0.529. The van der Waals surface area contributed by atoms with Crippen molar-refractivity contribution in [3.8, 4) is 23.1 Å². The van der Waals surface area contributed by atoms with Crippen LogP contribution in [0.25, 0.3) is 10.9 Å². The van der Waals surface area contributed by atoms with E-state index in [1.165, 1.54) is 0 Å². The highest BCUT2D eigenvalue weighted by molar-refractivity contribution is 5.96. The lowest BCUT2D eigenvalue weighted by molar-refractivity contribution is -0.121. The SMILES string of the molecule is CCOc1ncccc1C(=O)N1CCC(=O)NCC2CCCN(C2)c2nc3cc(OC)c(OC)c(OC)c3cc2CN(CC)CC1. The second-order valence-corrected chi connectivity index (χ2v) is 11.6. The summed E-state index contributed by atoms with van der Waals surface area (Å²) in [7, 11) is 4.83. The molecule has 2 amide bonds. The molecule has 1 unspecified atom stereocenters. The van der Waals surface area contributed by atoms with Crippen LogP contribution in [0.3, 0.4) is 0 Å². The second kappa shape index (κ2) is 15.3. The first-order valence-corrected chi connectivity index (χ1v) is 16.1. The maximum atomic E-state index is 13.9. The number of rotatable bonds is 7. The van der Waals surface area contributed by atoms with Crippen LogP contribution in [0.4, 0.5) is 5.82 Å². The number of anilines is 1. The van der Waals surface area contributed by atoms with Crippen molar-refractivity contribution in [3.05, 3.63) is 41.6 Å². The average molecular weight is 635 g/mol. The van der Waals surface area contributed by atoms with Gasteiger partial charge < -0.3 is 34.1 Å². The van der Waals surface area contributed by atoms with E-state index in [9.17, 15) is 9.59 Å². The molecule has 2 aromatic heterocycles. The van der Waals surface area contributed by atoms with Crippen LogP contribution in [0, 0.1) is 5.92 Å². The van der Waals surface area contributed by atoms with Gasteiger partial charge >= 0.3 is 0 Å². The molecule has 4 heterocycles. The first kappa shape index (κ1) is 33.1. The van der Waals surface area contributed by atoms with E-state index in [4.69, 9.17) is 23.9 Å². The third-order valence-corrected chi connectivity index (χ3v) is 8.79. The molecule has 1 atom stereocenters. The van der Waals surface area contributed by atoms with Gasteiger partial charge in [-0.25, -0.2) is 9.97 Å². The summed E-state index contributed by atoms with van der Waals surface area (Å²) in [6.45, 7) is 9.29. The molecule has 0 saturated carbocycles. The highest BCUT2D eigenvalue weighted by Crippen LogP contribution is 2.44. The van der Waals surface area contributed by atoms with E-state index in [2.05, 4.69) is 33.1 Å². The van der Waals surface area contributed by atoms with Crippen molar-refractivity contribution >= 4 is 28.5 Å². The summed E-state index contributed by atoms with van der Waals surface area (Å²) in [4.78, 5) is 42.8. The lowest BCUT2D eigenvalue weighted by atomic mass is 9.97. The van der Waals surface area contributed by atoms with E-state index in [1.807, 2.05) is 13.0 Å². The van der Waals surface area contributed by atoms with Gasteiger partial charge in [-0.2, -0.15) is 0 Å². The molecule has 12 heteroatoms. The summed E-state index contributed by atoms with van der Waals surface area (Å²) in [6.07, 6.45) is 3.85. The number of amides is 2. The quantitative estimate of drug-likeness (QED) is 0.412. The molecule has 0 aliphatic carbocycles. The second-order valence-electron chi connectivity index (χ2n) is 11.6. The van der Waals surface area contributed by atoms with E-state index >= 15 is 0 Å². The molecule has 2 bridgehead atoms. The van der Waals surface area contributed by atoms with Crippen LogP contribution in [0.2, 0.25) is 0 Å². The minimum atomic E-state index is -0.203. The summed E-state index contributed by atoms with van der Waals surface area (Å²) in [5.74, 6) is 2.87. The van der Waals surface area contributed by atoms with Gasteiger partial charge in [0, 0.05) is 75.4 Å². The Balaban J connectivity index is 1.54. The summed E-state index contributed by atoms with van der Waals surface area (Å²) >= 11 is 0. The van der Waals surface area contributed by atoms with Crippen LogP contribution in [0.5, 0.6) is 23.1 Å². The van der Waals surface area contributed by atoms with Crippen molar-refractivity contribution in [2.45, 2.75) is 39.7 Å². The molecule has 248 valence electrons. The maximum Gasteiger partial charge on any atom is 0.259 e. The number of hydrogen-bond acceptors (Lipinski definition) is 10. The number of nitrogens with zero attached hydrogens (tertiary/aromatic N) is 5. The average Bonchev–Trinajstić information content (AvgIpc) is 3.09. The molecule has 3 aromatic rings. The zero-order chi connectivity index (χ0) is 32.6. The Morgan fingerprint density at radius 2 is 1.87 bits per heavy atom. The van der Waals surface area contributed by atoms with E-state index in [-0.39, 0.29) is 24.2 Å². The number of nitrogens with one attached hydrogen (secondary N) is 1. The Hall–Kier alpha value is -4.32. The first-order chi connectivity index (χ1) is 22.4. The summed E-state index contributed by atoms with van der Waals surface area (Å²) in [5.41, 5.74) is 2.20. The highest BCUT2D eigenvalue weighted by Gasteiger charge is 2.28. The molecular weight excluding hydrogens is 588 g/mol. The fourth-order valence-corrected chi connectivity index (χ4v) is 6.36. The molecule has 0 radical (unpaired) electrons. The van der Waals surface area contributed by atoms with Crippen LogP contribution < -0.4 is 29.2 Å². The number of fused-ring (bicyclic) bond motifs is 5. The highest BCUT2D eigenvalue weighted by atomic mass is 16.5. The lowest BCUT2D eigenvalue weighted by Crippen LogP contribution is -2.42. The van der Waals surface area contributed by atoms with Crippen molar-refractivity contribution in [3.63, 3.8) is 0 Å². The first-order valence-electron chi connectivity index (χ1n) is 16.1. The Kier molecular flexibility index (Phi) is 11.0. The summed E-state index contributed by atoms with van der Waals surface area (Å²) < 4.78 is 22.8. The number of ether oxygens (including phenoxy) is 4. The predicted octanol–water partition coefficient (Wildman–Crippen LogP) is 3.75. The third-order valence-electron chi connectivity index (χ3n) is 8.79. The molecule has 0 spiro atoms. The van der Waals surface area contributed by atoms with Gasteiger partial charge in [-0.15, -0.1) is 0 Å². The van der Waals surface area contributed by atoms with E-state index in [1.54, 1.807) is 44.6 Å². The van der Waals surface area contributed by atoms with Gasteiger partial charge in [-0.3, -0.25) is 14.5 Å². The van der Waals surface area contributed by atoms with E-state index in [0.717, 1.165) is 54.8 Å². The predicted molar refractivity (Wildman–Crippen MR) is 176 cm³/mol.